The molecule has 0 bridgehead atoms. The first-order valence-corrected chi connectivity index (χ1v) is 7.24. The molecule has 5 N–H and O–H groups in total. The topological polar surface area (TPSA) is 121 Å². The molecule has 2 heterocycles. The molecule has 0 unspecified atom stereocenters. The van der Waals surface area contributed by atoms with Crippen LogP contribution < -0.4 is 26.3 Å². The number of hydrogen-bond acceptors (Lipinski definition) is 8. The van der Waals surface area contributed by atoms with E-state index in [2.05, 4.69) is 20.3 Å². The zero-order valence-electron chi connectivity index (χ0n) is 13.4. The molecule has 0 aliphatic carbocycles. The first-order chi connectivity index (χ1) is 11.6. The van der Waals surface area contributed by atoms with E-state index in [-0.39, 0.29) is 5.95 Å². The summed E-state index contributed by atoms with van der Waals surface area (Å²) in [5, 5.41) is 3.94. The Morgan fingerprint density at radius 1 is 1.04 bits per heavy atom. The molecule has 0 spiro atoms. The first kappa shape index (κ1) is 15.6. The Bertz CT molecular complexity index is 884. The summed E-state index contributed by atoms with van der Waals surface area (Å²) in [6, 6.07) is 7.58. The fourth-order valence-corrected chi connectivity index (χ4v) is 2.34. The first-order valence-electron chi connectivity index (χ1n) is 7.24. The summed E-state index contributed by atoms with van der Waals surface area (Å²) in [6.07, 6.45) is 1.68. The molecular formula is C16H18N6O2. The van der Waals surface area contributed by atoms with Crippen molar-refractivity contribution >= 4 is 28.5 Å². The Morgan fingerprint density at radius 3 is 2.58 bits per heavy atom. The summed E-state index contributed by atoms with van der Waals surface area (Å²) in [5.41, 5.74) is 13.8. The molecule has 0 amide bonds. The van der Waals surface area contributed by atoms with E-state index in [1.54, 1.807) is 20.4 Å². The third kappa shape index (κ3) is 3.07. The largest absolute Gasteiger partial charge is 0.493 e. The van der Waals surface area contributed by atoms with Crippen molar-refractivity contribution in [2.45, 2.75) is 6.54 Å². The normalized spacial score (nSPS) is 10.6. The van der Waals surface area contributed by atoms with Crippen molar-refractivity contribution < 1.29 is 9.47 Å². The Morgan fingerprint density at radius 2 is 1.83 bits per heavy atom. The quantitative estimate of drug-likeness (QED) is 0.649. The van der Waals surface area contributed by atoms with E-state index < -0.39 is 0 Å². The minimum absolute atomic E-state index is 0.110. The third-order valence-electron chi connectivity index (χ3n) is 3.54. The van der Waals surface area contributed by atoms with Crippen LogP contribution in [-0.4, -0.2) is 29.2 Å². The van der Waals surface area contributed by atoms with Crippen LogP contribution in [0.2, 0.25) is 0 Å². The standard InChI is InChI=1S/C16H18N6O2/c1-23-12-4-3-9(5-13(12)24-2)7-19-10-6-11-14(17)21-16(18)22-15(11)20-8-10/h3-6,8,19H,7H2,1-2H3,(H4,17,18,20,21,22). The van der Waals surface area contributed by atoms with Crippen LogP contribution in [0.15, 0.2) is 30.5 Å². The number of nitrogens with one attached hydrogen (secondary N) is 1. The van der Waals surface area contributed by atoms with E-state index in [4.69, 9.17) is 20.9 Å². The van der Waals surface area contributed by atoms with E-state index >= 15 is 0 Å². The maximum atomic E-state index is 5.87. The average Bonchev–Trinajstić information content (AvgIpc) is 2.59. The number of aromatic nitrogens is 3. The lowest BCUT2D eigenvalue weighted by molar-refractivity contribution is 0.354. The molecule has 0 atom stereocenters. The maximum Gasteiger partial charge on any atom is 0.224 e. The zero-order valence-corrected chi connectivity index (χ0v) is 13.4. The lowest BCUT2D eigenvalue weighted by atomic mass is 10.2. The van der Waals surface area contributed by atoms with Crippen LogP contribution in [0.5, 0.6) is 11.5 Å². The van der Waals surface area contributed by atoms with Crippen molar-refractivity contribution in [3.05, 3.63) is 36.0 Å². The van der Waals surface area contributed by atoms with Gasteiger partial charge in [-0.15, -0.1) is 0 Å². The van der Waals surface area contributed by atoms with E-state index in [9.17, 15) is 0 Å². The van der Waals surface area contributed by atoms with Crippen LogP contribution in [0.25, 0.3) is 11.0 Å². The van der Waals surface area contributed by atoms with E-state index in [0.29, 0.717) is 34.9 Å². The van der Waals surface area contributed by atoms with Gasteiger partial charge in [-0.05, 0) is 23.8 Å². The fourth-order valence-electron chi connectivity index (χ4n) is 2.34. The van der Waals surface area contributed by atoms with Gasteiger partial charge < -0.3 is 26.3 Å². The Balaban J connectivity index is 1.80. The summed E-state index contributed by atoms with van der Waals surface area (Å²) in [7, 11) is 3.21. The highest BCUT2D eigenvalue weighted by Crippen LogP contribution is 2.28. The number of ether oxygens (including phenoxy) is 2. The smallest absolute Gasteiger partial charge is 0.224 e. The van der Waals surface area contributed by atoms with Crippen molar-refractivity contribution in [2.24, 2.45) is 0 Å². The van der Waals surface area contributed by atoms with Crippen LogP contribution in [0.4, 0.5) is 17.5 Å². The van der Waals surface area contributed by atoms with Gasteiger partial charge in [0.2, 0.25) is 5.95 Å². The lowest BCUT2D eigenvalue weighted by Gasteiger charge is -2.11. The Kier molecular flexibility index (Phi) is 4.19. The van der Waals surface area contributed by atoms with Crippen molar-refractivity contribution in [3.8, 4) is 11.5 Å². The fraction of sp³-hybridized carbons (Fsp3) is 0.188. The molecule has 0 radical (unpaired) electrons. The molecular weight excluding hydrogens is 308 g/mol. The van der Waals surface area contributed by atoms with Gasteiger partial charge >= 0.3 is 0 Å². The number of methoxy groups -OCH3 is 2. The number of nitrogen functional groups attached to an aromatic ring is 2. The highest BCUT2D eigenvalue weighted by molar-refractivity contribution is 5.88. The zero-order chi connectivity index (χ0) is 17.1. The minimum Gasteiger partial charge on any atom is -0.493 e. The van der Waals surface area contributed by atoms with Crippen LogP contribution in [0.3, 0.4) is 0 Å². The molecule has 2 aromatic heterocycles. The average molecular weight is 326 g/mol. The summed E-state index contributed by atoms with van der Waals surface area (Å²) in [5.74, 6) is 1.79. The van der Waals surface area contributed by atoms with E-state index in [0.717, 1.165) is 11.3 Å². The predicted molar refractivity (Wildman–Crippen MR) is 93.0 cm³/mol. The van der Waals surface area contributed by atoms with Gasteiger partial charge in [-0.2, -0.15) is 9.97 Å². The molecule has 8 heteroatoms. The number of rotatable bonds is 5. The van der Waals surface area contributed by atoms with E-state index in [1.165, 1.54) is 0 Å². The number of hydrogen-bond donors (Lipinski definition) is 3. The van der Waals surface area contributed by atoms with Gasteiger partial charge in [0.1, 0.15) is 5.82 Å². The predicted octanol–water partition coefficient (Wildman–Crippen LogP) is 1.82. The minimum atomic E-state index is 0.110. The SMILES string of the molecule is COc1ccc(CNc2cnc3nc(N)nc(N)c3c2)cc1OC. The van der Waals surface area contributed by atoms with Crippen LogP contribution in [0.1, 0.15) is 5.56 Å². The van der Waals surface area contributed by atoms with Gasteiger partial charge in [-0.25, -0.2) is 4.98 Å². The van der Waals surface area contributed by atoms with Gasteiger partial charge in [0, 0.05) is 6.54 Å². The lowest BCUT2D eigenvalue weighted by Crippen LogP contribution is -2.04. The number of nitrogens with two attached hydrogens (primary N) is 2. The van der Waals surface area contributed by atoms with Gasteiger partial charge in [0.15, 0.2) is 17.1 Å². The van der Waals surface area contributed by atoms with Gasteiger partial charge in [0.25, 0.3) is 0 Å². The van der Waals surface area contributed by atoms with Crippen LogP contribution in [-0.2, 0) is 6.54 Å². The number of benzene rings is 1. The van der Waals surface area contributed by atoms with Gasteiger partial charge in [-0.1, -0.05) is 6.07 Å². The number of nitrogens with zero attached hydrogens (tertiary/aromatic N) is 3. The molecule has 1 aromatic carbocycles. The highest BCUT2D eigenvalue weighted by Gasteiger charge is 2.07. The Labute approximate surface area is 138 Å². The third-order valence-corrected chi connectivity index (χ3v) is 3.54. The Hall–Kier alpha value is -3.29. The molecule has 0 saturated carbocycles. The molecule has 0 fully saturated rings. The van der Waals surface area contributed by atoms with Crippen molar-refractivity contribution in [3.63, 3.8) is 0 Å². The summed E-state index contributed by atoms with van der Waals surface area (Å²) < 4.78 is 10.5. The van der Waals surface area contributed by atoms with E-state index in [1.807, 2.05) is 24.3 Å². The molecule has 0 aliphatic heterocycles. The monoisotopic (exact) mass is 326 g/mol. The maximum absolute atomic E-state index is 5.87. The second-order valence-electron chi connectivity index (χ2n) is 5.11. The highest BCUT2D eigenvalue weighted by atomic mass is 16.5. The van der Waals surface area contributed by atoms with Crippen LogP contribution >= 0.6 is 0 Å². The molecule has 3 rings (SSSR count). The number of anilines is 3. The van der Waals surface area contributed by atoms with Gasteiger partial charge in [0.05, 0.1) is 31.5 Å². The summed E-state index contributed by atoms with van der Waals surface area (Å²) in [6.45, 7) is 0.587. The molecule has 0 aliphatic rings. The van der Waals surface area contributed by atoms with Crippen molar-refractivity contribution in [1.82, 2.24) is 15.0 Å². The van der Waals surface area contributed by atoms with Crippen molar-refractivity contribution in [1.29, 1.82) is 0 Å². The molecule has 3 aromatic rings. The molecule has 8 nitrogen and oxygen atoms in total. The summed E-state index contributed by atoms with van der Waals surface area (Å²) in [4.78, 5) is 12.3. The second-order valence-corrected chi connectivity index (χ2v) is 5.11. The van der Waals surface area contributed by atoms with Gasteiger partial charge in [-0.3, -0.25) is 0 Å². The molecule has 0 saturated heterocycles. The molecule has 24 heavy (non-hydrogen) atoms. The van der Waals surface area contributed by atoms with Crippen molar-refractivity contribution in [2.75, 3.05) is 31.0 Å². The second kappa shape index (κ2) is 6.45. The summed E-state index contributed by atoms with van der Waals surface area (Å²) >= 11 is 0. The number of pyridine rings is 1. The molecule has 124 valence electrons. The number of fused-ring (bicyclic) bond motifs is 1. The van der Waals surface area contributed by atoms with Crippen LogP contribution in [0, 0.1) is 0 Å².